The molecule has 1 unspecified atom stereocenters. The number of nitrogens with one attached hydrogen (secondary N) is 2. The lowest BCUT2D eigenvalue weighted by atomic mass is 10.0. The average Bonchev–Trinajstić information content (AvgIpc) is 3.27. The van der Waals surface area contributed by atoms with Crippen molar-refractivity contribution in [3.8, 4) is 0 Å². The van der Waals surface area contributed by atoms with Gasteiger partial charge in [-0.1, -0.05) is 35.4 Å². The number of likely N-dealkylation sites (tertiary alicyclic amines) is 1. The van der Waals surface area contributed by atoms with E-state index in [1.807, 2.05) is 11.8 Å². The van der Waals surface area contributed by atoms with Gasteiger partial charge >= 0.3 is 0 Å². The van der Waals surface area contributed by atoms with E-state index < -0.39 is 0 Å². The third-order valence-corrected chi connectivity index (χ3v) is 7.69. The number of amides is 2. The van der Waals surface area contributed by atoms with Gasteiger partial charge in [0.25, 0.3) is 5.91 Å². The summed E-state index contributed by atoms with van der Waals surface area (Å²) < 4.78 is 13.8. The Kier molecular flexibility index (Phi) is 9.70. The Labute approximate surface area is 196 Å². The van der Waals surface area contributed by atoms with E-state index in [0.717, 1.165) is 34.8 Å². The largest absolute Gasteiger partial charge is 0.352 e. The zero-order chi connectivity index (χ0) is 21.3. The molecule has 166 valence electrons. The maximum Gasteiger partial charge on any atom is 0.253 e. The van der Waals surface area contributed by atoms with Crippen molar-refractivity contribution < 1.29 is 14.0 Å². The summed E-state index contributed by atoms with van der Waals surface area (Å²) in [7, 11) is 0. The zero-order valence-electron chi connectivity index (χ0n) is 17.2. The van der Waals surface area contributed by atoms with Crippen LogP contribution in [0.4, 0.5) is 4.39 Å². The lowest BCUT2D eigenvalue weighted by Gasteiger charge is -2.33. The van der Waals surface area contributed by atoms with Gasteiger partial charge in [0.2, 0.25) is 5.91 Å². The van der Waals surface area contributed by atoms with Crippen molar-refractivity contribution in [2.24, 2.45) is 5.92 Å². The standard InChI is InChI=1S/C22H31FIN3O2S/c23-18-7-5-17(6-8-18)22(29)27-11-9-19(10-12-27)26-21(28)20(25-15-24)14-30-13-16-3-1-2-4-16/h5-8,16,19-20,25H,1-4,9-15H2,(H,26,28). The highest BCUT2D eigenvalue weighted by molar-refractivity contribution is 14.1. The van der Waals surface area contributed by atoms with E-state index in [1.54, 1.807) is 4.90 Å². The van der Waals surface area contributed by atoms with Crippen molar-refractivity contribution in [2.45, 2.75) is 50.6 Å². The van der Waals surface area contributed by atoms with Crippen LogP contribution in [-0.2, 0) is 4.79 Å². The number of benzene rings is 1. The second-order valence-electron chi connectivity index (χ2n) is 8.16. The predicted octanol–water partition coefficient (Wildman–Crippen LogP) is 3.82. The van der Waals surface area contributed by atoms with E-state index in [4.69, 9.17) is 0 Å². The Morgan fingerprint density at radius 2 is 1.80 bits per heavy atom. The van der Waals surface area contributed by atoms with Gasteiger partial charge in [-0.05, 0) is 61.6 Å². The van der Waals surface area contributed by atoms with Gasteiger partial charge in [-0.2, -0.15) is 11.8 Å². The number of thioether (sulfide) groups is 1. The van der Waals surface area contributed by atoms with Gasteiger partial charge in [-0.15, -0.1) is 0 Å². The van der Waals surface area contributed by atoms with E-state index in [9.17, 15) is 14.0 Å². The molecule has 2 amide bonds. The van der Waals surface area contributed by atoms with Gasteiger partial charge in [0.1, 0.15) is 5.82 Å². The van der Waals surface area contributed by atoms with Crippen LogP contribution in [0.15, 0.2) is 24.3 Å². The van der Waals surface area contributed by atoms with E-state index in [0.29, 0.717) is 18.7 Å². The van der Waals surface area contributed by atoms with E-state index in [2.05, 4.69) is 33.2 Å². The molecule has 3 rings (SSSR count). The van der Waals surface area contributed by atoms with Crippen LogP contribution >= 0.6 is 34.4 Å². The summed E-state index contributed by atoms with van der Waals surface area (Å²) in [6.07, 6.45) is 6.85. The topological polar surface area (TPSA) is 61.4 Å². The van der Waals surface area contributed by atoms with Crippen LogP contribution in [0.5, 0.6) is 0 Å². The number of carbonyl (C=O) groups is 2. The molecule has 2 aliphatic rings. The molecule has 1 saturated heterocycles. The third kappa shape index (κ3) is 7.09. The SMILES string of the molecule is O=C(NC1CCN(C(=O)c2ccc(F)cc2)CC1)C(CSCC1CCCC1)NCI. The van der Waals surface area contributed by atoms with Crippen LogP contribution in [0, 0.1) is 11.7 Å². The first kappa shape index (κ1) is 23.8. The number of piperidine rings is 1. The first-order valence-corrected chi connectivity index (χ1v) is 13.5. The van der Waals surface area contributed by atoms with Gasteiger partial charge in [0.05, 0.1) is 6.04 Å². The predicted molar refractivity (Wildman–Crippen MR) is 129 cm³/mol. The molecule has 1 aromatic rings. The number of rotatable bonds is 9. The Balaban J connectivity index is 1.42. The smallest absolute Gasteiger partial charge is 0.253 e. The molecule has 1 heterocycles. The van der Waals surface area contributed by atoms with Gasteiger partial charge in [0, 0.05) is 35.0 Å². The molecule has 5 nitrogen and oxygen atoms in total. The van der Waals surface area contributed by atoms with Crippen LogP contribution in [0.2, 0.25) is 0 Å². The summed E-state index contributed by atoms with van der Waals surface area (Å²) in [5.74, 6) is 2.41. The molecule has 0 bridgehead atoms. The van der Waals surface area contributed by atoms with E-state index in [-0.39, 0.29) is 29.7 Å². The van der Waals surface area contributed by atoms with Gasteiger partial charge in [-0.25, -0.2) is 4.39 Å². The fraction of sp³-hybridized carbons (Fsp3) is 0.636. The van der Waals surface area contributed by atoms with Crippen molar-refractivity contribution in [1.29, 1.82) is 0 Å². The maximum absolute atomic E-state index is 13.1. The summed E-state index contributed by atoms with van der Waals surface area (Å²) in [6.45, 7) is 1.20. The van der Waals surface area contributed by atoms with E-state index >= 15 is 0 Å². The summed E-state index contributed by atoms with van der Waals surface area (Å²) in [4.78, 5) is 27.1. The fourth-order valence-electron chi connectivity index (χ4n) is 4.15. The van der Waals surface area contributed by atoms with Crippen LogP contribution < -0.4 is 10.6 Å². The number of nitrogens with zero attached hydrogens (tertiary/aromatic N) is 1. The number of carbonyl (C=O) groups excluding carboxylic acids is 2. The normalized spacial score (nSPS) is 19.1. The minimum atomic E-state index is -0.343. The van der Waals surface area contributed by atoms with Crippen molar-refractivity contribution in [2.75, 3.05) is 29.1 Å². The number of alkyl halides is 1. The van der Waals surface area contributed by atoms with Gasteiger partial charge < -0.3 is 10.2 Å². The van der Waals surface area contributed by atoms with Crippen molar-refractivity contribution in [3.63, 3.8) is 0 Å². The molecule has 1 atom stereocenters. The molecule has 0 radical (unpaired) electrons. The second kappa shape index (κ2) is 12.2. The summed E-state index contributed by atoms with van der Waals surface area (Å²) in [5, 5.41) is 6.49. The Hall–Kier alpha value is -0.870. The first-order chi connectivity index (χ1) is 14.6. The fourth-order valence-corrected chi connectivity index (χ4v) is 5.99. The minimum Gasteiger partial charge on any atom is -0.352 e. The van der Waals surface area contributed by atoms with Crippen molar-refractivity contribution >= 4 is 46.2 Å². The highest BCUT2D eigenvalue weighted by Gasteiger charge is 2.27. The van der Waals surface area contributed by atoms with Crippen LogP contribution in [0.25, 0.3) is 0 Å². The Morgan fingerprint density at radius 3 is 2.43 bits per heavy atom. The Bertz CT molecular complexity index is 692. The molecular weight excluding hydrogens is 516 g/mol. The quantitative estimate of drug-likeness (QED) is 0.281. The average molecular weight is 547 g/mol. The molecule has 1 saturated carbocycles. The summed E-state index contributed by atoms with van der Waals surface area (Å²) >= 11 is 4.13. The molecule has 30 heavy (non-hydrogen) atoms. The molecule has 1 aliphatic carbocycles. The summed E-state index contributed by atoms with van der Waals surface area (Å²) in [6, 6.07) is 5.58. The second-order valence-corrected chi connectivity index (χ2v) is 10.00. The maximum atomic E-state index is 13.1. The monoisotopic (exact) mass is 547 g/mol. The van der Waals surface area contributed by atoms with Crippen molar-refractivity contribution in [1.82, 2.24) is 15.5 Å². The van der Waals surface area contributed by atoms with Crippen LogP contribution in [0.3, 0.4) is 0 Å². The molecule has 1 aliphatic heterocycles. The molecule has 2 N–H and O–H groups in total. The van der Waals surface area contributed by atoms with Crippen LogP contribution in [0.1, 0.15) is 48.9 Å². The molecule has 2 fully saturated rings. The first-order valence-electron chi connectivity index (χ1n) is 10.8. The molecular formula is C22H31FIN3O2S. The van der Waals surface area contributed by atoms with Gasteiger partial charge in [0.15, 0.2) is 0 Å². The molecule has 0 spiro atoms. The van der Waals surface area contributed by atoms with Crippen LogP contribution in [-0.4, -0.2) is 57.9 Å². The van der Waals surface area contributed by atoms with Crippen molar-refractivity contribution in [3.05, 3.63) is 35.6 Å². The Morgan fingerprint density at radius 1 is 1.13 bits per heavy atom. The highest BCUT2D eigenvalue weighted by atomic mass is 127. The molecule has 1 aromatic carbocycles. The molecule has 0 aromatic heterocycles. The minimum absolute atomic E-state index is 0.0638. The third-order valence-electron chi connectivity index (χ3n) is 5.97. The lowest BCUT2D eigenvalue weighted by molar-refractivity contribution is -0.123. The van der Waals surface area contributed by atoms with E-state index in [1.165, 1.54) is 49.9 Å². The zero-order valence-corrected chi connectivity index (χ0v) is 20.2. The number of hydrogen-bond acceptors (Lipinski definition) is 4. The summed E-state index contributed by atoms with van der Waals surface area (Å²) in [5.41, 5.74) is 0.504. The number of hydrogen-bond donors (Lipinski definition) is 2. The number of halogens is 2. The lowest BCUT2D eigenvalue weighted by Crippen LogP contribution is -2.52. The molecule has 8 heteroatoms. The van der Waals surface area contributed by atoms with Gasteiger partial charge in [-0.3, -0.25) is 14.9 Å². The highest BCUT2D eigenvalue weighted by Crippen LogP contribution is 2.28.